The van der Waals surface area contributed by atoms with E-state index in [1.54, 1.807) is 4.90 Å². The van der Waals surface area contributed by atoms with Crippen molar-refractivity contribution in [3.8, 4) is 5.88 Å². The van der Waals surface area contributed by atoms with Gasteiger partial charge in [-0.2, -0.15) is 0 Å². The number of halogens is 3. The minimum atomic E-state index is -1.05. The van der Waals surface area contributed by atoms with Crippen LogP contribution in [0.2, 0.25) is 0 Å². The molecule has 0 spiro atoms. The Morgan fingerprint density at radius 1 is 1.28 bits per heavy atom. The second kappa shape index (κ2) is 7.54. The normalized spacial score (nSPS) is 21.4. The maximum absolute atomic E-state index is 14.5. The van der Waals surface area contributed by atoms with Crippen LogP contribution in [-0.2, 0) is 11.3 Å². The number of aromatic nitrogens is 1. The van der Waals surface area contributed by atoms with Crippen LogP contribution in [-0.4, -0.2) is 53.0 Å². The van der Waals surface area contributed by atoms with Crippen LogP contribution in [0.4, 0.5) is 23.7 Å². The Morgan fingerprint density at radius 2 is 2.09 bits per heavy atom. The fourth-order valence-corrected chi connectivity index (χ4v) is 4.65. The summed E-state index contributed by atoms with van der Waals surface area (Å²) in [6.07, 6.45) is 3.69. The molecule has 2 bridgehead atoms. The topological polar surface area (TPSA) is 74.8 Å². The van der Waals surface area contributed by atoms with Crippen molar-refractivity contribution in [3.63, 3.8) is 0 Å². The highest BCUT2D eigenvalue weighted by Crippen LogP contribution is 2.43. The van der Waals surface area contributed by atoms with E-state index in [0.29, 0.717) is 24.1 Å². The Hall–Kier alpha value is -3.56. The third-order valence-electron chi connectivity index (χ3n) is 6.18. The van der Waals surface area contributed by atoms with Crippen molar-refractivity contribution in [1.29, 1.82) is 0 Å². The lowest BCUT2D eigenvalue weighted by atomic mass is 10.0. The summed E-state index contributed by atoms with van der Waals surface area (Å²) in [5.74, 6) is -2.60. The zero-order valence-corrected chi connectivity index (χ0v) is 17.1. The van der Waals surface area contributed by atoms with Crippen molar-refractivity contribution in [2.45, 2.75) is 19.0 Å². The third-order valence-corrected chi connectivity index (χ3v) is 6.18. The Kier molecular flexibility index (Phi) is 4.79. The molecule has 0 saturated carbocycles. The number of pyridine rings is 1. The van der Waals surface area contributed by atoms with E-state index in [2.05, 4.69) is 10.3 Å². The molecule has 32 heavy (non-hydrogen) atoms. The molecule has 166 valence electrons. The van der Waals surface area contributed by atoms with Crippen LogP contribution >= 0.6 is 0 Å². The van der Waals surface area contributed by atoms with E-state index in [0.717, 1.165) is 17.2 Å². The first-order chi connectivity index (χ1) is 15.4. The summed E-state index contributed by atoms with van der Waals surface area (Å²) >= 11 is 0. The minimum Gasteiger partial charge on any atom is -0.481 e. The number of carbonyl (C=O) groups is 2. The number of likely N-dealkylation sites (tertiary alicyclic amines) is 1. The highest BCUT2D eigenvalue weighted by Gasteiger charge is 2.43. The molecule has 0 radical (unpaired) electrons. The summed E-state index contributed by atoms with van der Waals surface area (Å²) < 4.78 is 47.3. The number of rotatable bonds is 4. The number of amides is 3. The van der Waals surface area contributed by atoms with Gasteiger partial charge in [-0.25, -0.2) is 22.9 Å². The third kappa shape index (κ3) is 3.26. The molecule has 2 aromatic rings. The summed E-state index contributed by atoms with van der Waals surface area (Å²) in [4.78, 5) is 32.1. The largest absolute Gasteiger partial charge is 0.481 e. The monoisotopic (exact) mass is 444 g/mol. The number of ether oxygens (including phenoxy) is 1. The molecule has 10 heteroatoms. The summed E-state index contributed by atoms with van der Waals surface area (Å²) in [6, 6.07) is 2.82. The molecule has 1 N–H and O–H groups in total. The zero-order chi connectivity index (χ0) is 22.6. The van der Waals surface area contributed by atoms with Crippen molar-refractivity contribution < 1.29 is 27.5 Å². The number of anilines is 1. The maximum atomic E-state index is 14.5. The fraction of sp³-hybridized carbons (Fsp3) is 0.318. The lowest BCUT2D eigenvalue weighted by molar-refractivity contribution is -0.132. The molecular formula is C22H19F3N4O3. The number of methoxy groups -OCH3 is 1. The first kappa shape index (κ1) is 20.3. The average molecular weight is 444 g/mol. The highest BCUT2D eigenvalue weighted by atomic mass is 19.2. The highest BCUT2D eigenvalue weighted by molar-refractivity contribution is 5.95. The molecular weight excluding hydrogens is 425 g/mol. The number of hydrogen-bond acceptors (Lipinski definition) is 4. The number of nitrogens with zero attached hydrogens (tertiary/aromatic N) is 3. The fourth-order valence-electron chi connectivity index (χ4n) is 4.65. The first-order valence-electron chi connectivity index (χ1n) is 10.1. The van der Waals surface area contributed by atoms with E-state index in [9.17, 15) is 22.8 Å². The van der Waals surface area contributed by atoms with E-state index in [1.165, 1.54) is 19.2 Å². The number of benzene rings is 1. The van der Waals surface area contributed by atoms with Crippen LogP contribution in [0, 0.1) is 23.4 Å². The van der Waals surface area contributed by atoms with Gasteiger partial charge in [-0.3, -0.25) is 4.79 Å². The van der Waals surface area contributed by atoms with Crippen LogP contribution in [0.1, 0.15) is 17.5 Å². The van der Waals surface area contributed by atoms with Gasteiger partial charge in [0.2, 0.25) is 11.8 Å². The Bertz CT molecular complexity index is 1170. The van der Waals surface area contributed by atoms with Gasteiger partial charge < -0.3 is 19.9 Å². The molecule has 3 aliphatic rings. The van der Waals surface area contributed by atoms with Crippen LogP contribution < -0.4 is 10.1 Å². The van der Waals surface area contributed by atoms with Crippen molar-refractivity contribution in [2.75, 3.05) is 25.5 Å². The first-order valence-corrected chi connectivity index (χ1v) is 10.1. The lowest BCUT2D eigenvalue weighted by Gasteiger charge is -2.33. The van der Waals surface area contributed by atoms with Crippen molar-refractivity contribution >= 4 is 23.2 Å². The van der Waals surface area contributed by atoms with Crippen LogP contribution in [0.15, 0.2) is 30.5 Å². The van der Waals surface area contributed by atoms with Gasteiger partial charge in [0.05, 0.1) is 31.6 Å². The molecule has 1 saturated heterocycles. The number of nitrogens with one attached hydrogen (secondary N) is 1. The van der Waals surface area contributed by atoms with Gasteiger partial charge >= 0.3 is 6.03 Å². The van der Waals surface area contributed by atoms with E-state index in [-0.39, 0.29) is 48.1 Å². The van der Waals surface area contributed by atoms with Crippen LogP contribution in [0.5, 0.6) is 5.88 Å². The van der Waals surface area contributed by atoms with Crippen molar-refractivity contribution in [2.24, 2.45) is 5.92 Å². The molecule has 1 aromatic carbocycles. The lowest BCUT2D eigenvalue weighted by Crippen LogP contribution is -2.48. The van der Waals surface area contributed by atoms with Gasteiger partial charge in [0.25, 0.3) is 0 Å². The molecule has 2 atom stereocenters. The maximum Gasteiger partial charge on any atom is 0.322 e. The zero-order valence-electron chi connectivity index (χ0n) is 17.1. The second-order valence-electron chi connectivity index (χ2n) is 8.06. The van der Waals surface area contributed by atoms with E-state index in [1.807, 2.05) is 6.08 Å². The molecule has 1 aliphatic carbocycles. The molecule has 3 amide bonds. The van der Waals surface area contributed by atoms with Gasteiger partial charge in [0.15, 0.2) is 11.6 Å². The molecule has 5 rings (SSSR count). The number of hydrogen-bond donors (Lipinski definition) is 1. The van der Waals surface area contributed by atoms with Gasteiger partial charge in [-0.15, -0.1) is 0 Å². The SMILES string of the molecule is COc1cc(C2=C[C@@H]3C[C@H]2N(C(=O)CN2Cc4c(ccc(F)c4F)NC2=O)C3)c(F)cn1. The molecule has 3 heterocycles. The predicted octanol–water partition coefficient (Wildman–Crippen LogP) is 3.17. The minimum absolute atomic E-state index is 0.00752. The summed E-state index contributed by atoms with van der Waals surface area (Å²) in [7, 11) is 1.44. The van der Waals surface area contributed by atoms with E-state index < -0.39 is 23.5 Å². The number of fused-ring (bicyclic) bond motifs is 3. The molecule has 1 aromatic heterocycles. The van der Waals surface area contributed by atoms with Crippen LogP contribution in [0.3, 0.4) is 0 Å². The summed E-state index contributed by atoms with van der Waals surface area (Å²) in [6.45, 7) is -0.0803. The van der Waals surface area contributed by atoms with Crippen molar-refractivity contribution in [1.82, 2.24) is 14.8 Å². The second-order valence-corrected chi connectivity index (χ2v) is 8.06. The van der Waals surface area contributed by atoms with Gasteiger partial charge in [-0.1, -0.05) is 6.08 Å². The summed E-state index contributed by atoms with van der Waals surface area (Å²) in [5, 5.41) is 2.49. The molecule has 7 nitrogen and oxygen atoms in total. The Balaban J connectivity index is 1.35. The quantitative estimate of drug-likeness (QED) is 0.786. The van der Waals surface area contributed by atoms with E-state index in [4.69, 9.17) is 4.74 Å². The molecule has 0 unspecified atom stereocenters. The number of carbonyl (C=O) groups excluding carboxylic acids is 2. The molecule has 2 aliphatic heterocycles. The van der Waals surface area contributed by atoms with Crippen molar-refractivity contribution in [3.05, 3.63) is 59.1 Å². The van der Waals surface area contributed by atoms with E-state index >= 15 is 0 Å². The Labute approximate surface area is 181 Å². The summed E-state index contributed by atoms with van der Waals surface area (Å²) in [5.41, 5.74) is 1.18. The predicted molar refractivity (Wildman–Crippen MR) is 108 cm³/mol. The van der Waals surface area contributed by atoms with Gasteiger partial charge in [0.1, 0.15) is 12.4 Å². The Morgan fingerprint density at radius 3 is 2.84 bits per heavy atom. The average Bonchev–Trinajstić information content (AvgIpc) is 3.39. The van der Waals surface area contributed by atoms with Gasteiger partial charge in [-0.05, 0) is 30.0 Å². The smallest absolute Gasteiger partial charge is 0.322 e. The number of urea groups is 1. The molecule has 1 fully saturated rings. The standard InChI is InChI=1S/C22H19F3N4O3/c1-32-19-6-12(16(24)7-26-19)13-4-11-5-18(13)29(8-11)20(30)10-28-9-14-17(27-22(28)31)3-2-15(23)21(14)25/h2-4,6-7,11,18H,5,8-10H2,1H3,(H,27,31)/t11-,18-/m1/s1. The van der Waals surface area contributed by atoms with Crippen LogP contribution in [0.25, 0.3) is 5.57 Å². The van der Waals surface area contributed by atoms with Gasteiger partial charge in [0, 0.05) is 23.7 Å².